The minimum absolute atomic E-state index is 0.299. The van der Waals surface area contributed by atoms with Crippen LogP contribution in [0.5, 0.6) is 5.75 Å². The smallest absolute Gasteiger partial charge is 0.120 e. The summed E-state index contributed by atoms with van der Waals surface area (Å²) in [5.41, 5.74) is 1.28. The van der Waals surface area contributed by atoms with Gasteiger partial charge in [-0.2, -0.15) is 0 Å². The zero-order valence-corrected chi connectivity index (χ0v) is 12.0. The summed E-state index contributed by atoms with van der Waals surface area (Å²) in [4.78, 5) is 0. The molecule has 0 saturated heterocycles. The van der Waals surface area contributed by atoms with Crippen molar-refractivity contribution >= 4 is 0 Å². The molecule has 1 aliphatic rings. The summed E-state index contributed by atoms with van der Waals surface area (Å²) in [5, 5.41) is 3.34. The first-order valence-corrected chi connectivity index (χ1v) is 7.31. The summed E-state index contributed by atoms with van der Waals surface area (Å²) in [6.45, 7) is 4.01. The van der Waals surface area contributed by atoms with Crippen LogP contribution in [-0.2, 0) is 11.3 Å². The second-order valence-electron chi connectivity index (χ2n) is 5.19. The minimum atomic E-state index is 0.299. The first-order valence-electron chi connectivity index (χ1n) is 7.31. The molecule has 106 valence electrons. The quantitative estimate of drug-likeness (QED) is 0.855. The molecular weight excluding hydrogens is 238 g/mol. The maximum atomic E-state index is 6.10. The van der Waals surface area contributed by atoms with Crippen LogP contribution in [0, 0.1) is 0 Å². The minimum Gasteiger partial charge on any atom is -0.490 e. The van der Waals surface area contributed by atoms with Gasteiger partial charge in [-0.1, -0.05) is 19.1 Å². The average Bonchev–Trinajstić information content (AvgIpc) is 2.46. The molecule has 1 N–H and O–H groups in total. The number of nitrogens with one attached hydrogen (secondary N) is 1. The van der Waals surface area contributed by atoms with E-state index >= 15 is 0 Å². The fourth-order valence-corrected chi connectivity index (χ4v) is 2.61. The summed E-state index contributed by atoms with van der Waals surface area (Å²) in [7, 11) is 1.80. The largest absolute Gasteiger partial charge is 0.490 e. The Hall–Kier alpha value is -1.06. The first kappa shape index (κ1) is 14.4. The highest BCUT2D eigenvalue weighted by Crippen LogP contribution is 2.25. The zero-order valence-electron chi connectivity index (χ0n) is 12.0. The SMILES string of the molecule is CCNCc1cccc(OC2CCCC(OC)C2)c1. The normalized spacial score (nSPS) is 23.3. The molecule has 1 aromatic rings. The molecule has 3 nitrogen and oxygen atoms in total. The van der Waals surface area contributed by atoms with E-state index in [2.05, 4.69) is 30.4 Å². The molecule has 0 radical (unpaired) electrons. The van der Waals surface area contributed by atoms with E-state index in [0.717, 1.165) is 38.1 Å². The van der Waals surface area contributed by atoms with Crippen molar-refractivity contribution in [3.05, 3.63) is 29.8 Å². The van der Waals surface area contributed by atoms with E-state index in [1.54, 1.807) is 7.11 Å². The molecule has 3 heteroatoms. The Kier molecular flexibility index (Phi) is 5.67. The molecule has 2 rings (SSSR count). The average molecular weight is 263 g/mol. The molecule has 19 heavy (non-hydrogen) atoms. The van der Waals surface area contributed by atoms with Crippen LogP contribution in [0.2, 0.25) is 0 Å². The summed E-state index contributed by atoms with van der Waals surface area (Å²) in [6.07, 6.45) is 5.17. The topological polar surface area (TPSA) is 30.5 Å². The van der Waals surface area contributed by atoms with Crippen LogP contribution < -0.4 is 10.1 Å². The Morgan fingerprint density at radius 3 is 2.89 bits per heavy atom. The third-order valence-electron chi connectivity index (χ3n) is 3.69. The van der Waals surface area contributed by atoms with Crippen LogP contribution in [0.15, 0.2) is 24.3 Å². The lowest BCUT2D eigenvalue weighted by molar-refractivity contribution is 0.0209. The first-order chi connectivity index (χ1) is 9.31. The Labute approximate surface area is 116 Å². The van der Waals surface area contributed by atoms with E-state index in [1.165, 1.54) is 12.0 Å². The monoisotopic (exact) mass is 263 g/mol. The van der Waals surface area contributed by atoms with Gasteiger partial charge in [0, 0.05) is 20.1 Å². The number of hydrogen-bond acceptors (Lipinski definition) is 3. The number of ether oxygens (including phenoxy) is 2. The van der Waals surface area contributed by atoms with Gasteiger partial charge in [0.2, 0.25) is 0 Å². The lowest BCUT2D eigenvalue weighted by Gasteiger charge is -2.28. The van der Waals surface area contributed by atoms with Crippen LogP contribution in [0.1, 0.15) is 38.2 Å². The second kappa shape index (κ2) is 7.51. The molecule has 0 bridgehead atoms. The molecule has 0 spiro atoms. The van der Waals surface area contributed by atoms with Crippen molar-refractivity contribution in [3.8, 4) is 5.75 Å². The van der Waals surface area contributed by atoms with E-state index in [9.17, 15) is 0 Å². The van der Waals surface area contributed by atoms with Gasteiger partial charge in [-0.3, -0.25) is 0 Å². The van der Waals surface area contributed by atoms with E-state index in [0.29, 0.717) is 12.2 Å². The van der Waals surface area contributed by atoms with Crippen molar-refractivity contribution in [2.75, 3.05) is 13.7 Å². The van der Waals surface area contributed by atoms with Crippen molar-refractivity contribution in [2.24, 2.45) is 0 Å². The van der Waals surface area contributed by atoms with Gasteiger partial charge >= 0.3 is 0 Å². The van der Waals surface area contributed by atoms with Crippen LogP contribution in [-0.4, -0.2) is 25.9 Å². The van der Waals surface area contributed by atoms with Gasteiger partial charge in [0.05, 0.1) is 6.10 Å². The lowest BCUT2D eigenvalue weighted by atomic mass is 9.95. The van der Waals surface area contributed by atoms with Crippen molar-refractivity contribution in [1.29, 1.82) is 0 Å². The number of benzene rings is 1. The summed E-state index contributed by atoms with van der Waals surface area (Å²) in [5.74, 6) is 0.983. The van der Waals surface area contributed by atoms with Crippen molar-refractivity contribution < 1.29 is 9.47 Å². The van der Waals surface area contributed by atoms with Crippen molar-refractivity contribution in [2.45, 2.75) is 51.4 Å². The fraction of sp³-hybridized carbons (Fsp3) is 0.625. The molecule has 2 atom stereocenters. The maximum absolute atomic E-state index is 6.10. The van der Waals surface area contributed by atoms with Crippen molar-refractivity contribution in [3.63, 3.8) is 0 Å². The number of hydrogen-bond donors (Lipinski definition) is 1. The Morgan fingerprint density at radius 2 is 2.11 bits per heavy atom. The zero-order chi connectivity index (χ0) is 13.5. The van der Waals surface area contributed by atoms with Crippen LogP contribution >= 0.6 is 0 Å². The number of methoxy groups -OCH3 is 1. The summed E-state index contributed by atoms with van der Waals surface area (Å²) < 4.78 is 11.5. The highest BCUT2D eigenvalue weighted by molar-refractivity contribution is 5.28. The molecule has 0 aliphatic heterocycles. The van der Waals surface area contributed by atoms with Gasteiger partial charge in [-0.15, -0.1) is 0 Å². The predicted octanol–water partition coefficient (Wildman–Crippen LogP) is 3.13. The molecular formula is C16H25NO2. The van der Waals surface area contributed by atoms with Gasteiger partial charge < -0.3 is 14.8 Å². The molecule has 1 aliphatic carbocycles. The highest BCUT2D eigenvalue weighted by atomic mass is 16.5. The third kappa shape index (κ3) is 4.51. The van der Waals surface area contributed by atoms with E-state index in [1.807, 2.05) is 6.07 Å². The van der Waals surface area contributed by atoms with Gasteiger partial charge in [-0.25, -0.2) is 0 Å². The van der Waals surface area contributed by atoms with E-state index in [4.69, 9.17) is 9.47 Å². The fourth-order valence-electron chi connectivity index (χ4n) is 2.61. The van der Waals surface area contributed by atoms with Crippen LogP contribution in [0.3, 0.4) is 0 Å². The summed E-state index contributed by atoms with van der Waals surface area (Å²) in [6, 6.07) is 8.39. The molecule has 0 aromatic heterocycles. The highest BCUT2D eigenvalue weighted by Gasteiger charge is 2.22. The third-order valence-corrected chi connectivity index (χ3v) is 3.69. The Morgan fingerprint density at radius 1 is 1.26 bits per heavy atom. The molecule has 0 amide bonds. The number of rotatable bonds is 6. The van der Waals surface area contributed by atoms with E-state index in [-0.39, 0.29) is 0 Å². The summed E-state index contributed by atoms with van der Waals surface area (Å²) >= 11 is 0. The van der Waals surface area contributed by atoms with Crippen LogP contribution in [0.4, 0.5) is 0 Å². The van der Waals surface area contributed by atoms with Gasteiger partial charge in [0.25, 0.3) is 0 Å². The predicted molar refractivity (Wildman–Crippen MR) is 77.5 cm³/mol. The Balaban J connectivity index is 1.90. The Bertz CT molecular complexity index is 381. The van der Waals surface area contributed by atoms with Crippen LogP contribution in [0.25, 0.3) is 0 Å². The van der Waals surface area contributed by atoms with E-state index < -0.39 is 0 Å². The second-order valence-corrected chi connectivity index (χ2v) is 5.19. The molecule has 2 unspecified atom stereocenters. The standard InChI is InChI=1S/C16H25NO2/c1-3-17-12-13-6-4-8-15(10-13)19-16-9-5-7-14(11-16)18-2/h4,6,8,10,14,16-17H,3,5,7,9,11-12H2,1-2H3. The van der Waals surface area contributed by atoms with Gasteiger partial charge in [-0.05, 0) is 43.5 Å². The van der Waals surface area contributed by atoms with Crippen molar-refractivity contribution in [1.82, 2.24) is 5.32 Å². The van der Waals surface area contributed by atoms with Gasteiger partial charge in [0.15, 0.2) is 0 Å². The molecule has 1 aromatic carbocycles. The molecule has 1 saturated carbocycles. The lowest BCUT2D eigenvalue weighted by Crippen LogP contribution is -2.29. The molecule has 1 fully saturated rings. The van der Waals surface area contributed by atoms with Gasteiger partial charge in [0.1, 0.15) is 11.9 Å². The molecule has 0 heterocycles. The maximum Gasteiger partial charge on any atom is 0.120 e.